The van der Waals surface area contributed by atoms with Crippen molar-refractivity contribution in [1.29, 1.82) is 0 Å². The molecule has 2 aromatic carbocycles. The van der Waals surface area contributed by atoms with Crippen LogP contribution >= 0.6 is 12.2 Å². The Labute approximate surface area is 174 Å². The summed E-state index contributed by atoms with van der Waals surface area (Å²) < 4.78 is 18.9. The average molecular weight is 412 g/mol. The van der Waals surface area contributed by atoms with Crippen molar-refractivity contribution in [2.45, 2.75) is 13.0 Å². The van der Waals surface area contributed by atoms with Crippen LogP contribution in [0.25, 0.3) is 0 Å². The Morgan fingerprint density at radius 3 is 2.41 bits per heavy atom. The number of benzene rings is 2. The van der Waals surface area contributed by atoms with Crippen molar-refractivity contribution in [1.82, 2.24) is 10.2 Å². The van der Waals surface area contributed by atoms with Crippen LogP contribution < -0.4 is 10.2 Å². The summed E-state index contributed by atoms with van der Waals surface area (Å²) in [5.41, 5.74) is 3.05. The maximum Gasteiger partial charge on any atom is 0.254 e. The SMILES string of the molecule is CC1=C(C(=O)N2CCOCC2)[C@H](c2ccc(F)cc2)NC(=S)N1c1ccccc1. The number of carbonyl (C=O) groups is 1. The van der Waals surface area contributed by atoms with Crippen LogP contribution in [0.4, 0.5) is 10.1 Å². The minimum atomic E-state index is -0.446. The predicted octanol–water partition coefficient (Wildman–Crippen LogP) is 3.39. The zero-order chi connectivity index (χ0) is 20.4. The lowest BCUT2D eigenvalue weighted by molar-refractivity contribution is -0.131. The molecule has 2 heterocycles. The van der Waals surface area contributed by atoms with Gasteiger partial charge in [-0.05, 0) is 49.0 Å². The summed E-state index contributed by atoms with van der Waals surface area (Å²) >= 11 is 5.65. The molecule has 0 aromatic heterocycles. The van der Waals surface area contributed by atoms with Gasteiger partial charge in [-0.25, -0.2) is 4.39 Å². The summed E-state index contributed by atoms with van der Waals surface area (Å²) in [5.74, 6) is -0.379. The Kier molecular flexibility index (Phi) is 5.60. The molecule has 0 aliphatic carbocycles. The van der Waals surface area contributed by atoms with Crippen LogP contribution in [0.3, 0.4) is 0 Å². The molecule has 7 heteroatoms. The third-order valence-corrected chi connectivity index (χ3v) is 5.53. The lowest BCUT2D eigenvalue weighted by Gasteiger charge is -2.40. The van der Waals surface area contributed by atoms with E-state index in [4.69, 9.17) is 17.0 Å². The molecule has 1 atom stereocenters. The number of amides is 1. The van der Waals surface area contributed by atoms with Gasteiger partial charge < -0.3 is 15.0 Å². The highest BCUT2D eigenvalue weighted by Gasteiger charge is 2.36. The second-order valence-electron chi connectivity index (χ2n) is 7.01. The third kappa shape index (κ3) is 3.88. The maximum atomic E-state index is 13.5. The van der Waals surface area contributed by atoms with Crippen LogP contribution in [0.2, 0.25) is 0 Å². The van der Waals surface area contributed by atoms with Crippen molar-refractivity contribution in [3.05, 3.63) is 77.2 Å². The number of allylic oxidation sites excluding steroid dienone is 1. The van der Waals surface area contributed by atoms with Crippen LogP contribution in [0.15, 0.2) is 65.9 Å². The zero-order valence-corrected chi connectivity index (χ0v) is 16.9. The van der Waals surface area contributed by atoms with Crippen LogP contribution in [0.5, 0.6) is 0 Å². The van der Waals surface area contributed by atoms with Gasteiger partial charge in [0.05, 0.1) is 24.8 Å². The molecule has 0 bridgehead atoms. The van der Waals surface area contributed by atoms with Crippen molar-refractivity contribution < 1.29 is 13.9 Å². The summed E-state index contributed by atoms with van der Waals surface area (Å²) in [5, 5.41) is 3.80. The van der Waals surface area contributed by atoms with Crippen LogP contribution in [-0.4, -0.2) is 42.2 Å². The minimum absolute atomic E-state index is 0.0592. The molecule has 2 aromatic rings. The first-order chi connectivity index (χ1) is 14.1. The summed E-state index contributed by atoms with van der Waals surface area (Å²) in [6.07, 6.45) is 0. The van der Waals surface area contributed by atoms with E-state index in [9.17, 15) is 9.18 Å². The number of ether oxygens (including phenoxy) is 1. The molecule has 2 aliphatic rings. The topological polar surface area (TPSA) is 44.8 Å². The van der Waals surface area contributed by atoms with Gasteiger partial charge in [-0.15, -0.1) is 0 Å². The standard InChI is InChI=1S/C22H22FN3O2S/c1-15-19(21(27)25-11-13-28-14-12-25)20(16-7-9-17(23)10-8-16)24-22(29)26(15)18-5-3-2-4-6-18/h2-10,20H,11-14H2,1H3,(H,24,29)/t20-/m0/s1. The van der Waals surface area contributed by atoms with Crippen molar-refractivity contribution in [2.24, 2.45) is 0 Å². The van der Waals surface area contributed by atoms with Crippen molar-refractivity contribution in [3.63, 3.8) is 0 Å². The van der Waals surface area contributed by atoms with E-state index in [1.807, 2.05) is 42.2 Å². The molecule has 29 heavy (non-hydrogen) atoms. The number of anilines is 1. The molecule has 0 spiro atoms. The number of carbonyl (C=O) groups excluding carboxylic acids is 1. The van der Waals surface area contributed by atoms with Crippen molar-refractivity contribution in [2.75, 3.05) is 31.2 Å². The number of rotatable bonds is 3. The molecule has 2 aliphatic heterocycles. The summed E-state index contributed by atoms with van der Waals surface area (Å²) in [6, 6.07) is 15.4. The first kappa shape index (κ1) is 19.5. The highest BCUT2D eigenvalue weighted by atomic mass is 32.1. The van der Waals surface area contributed by atoms with Gasteiger partial charge >= 0.3 is 0 Å². The number of halogens is 1. The maximum absolute atomic E-state index is 13.5. The normalized spacial score (nSPS) is 19.9. The number of nitrogens with zero attached hydrogens (tertiary/aromatic N) is 2. The number of hydrogen-bond donors (Lipinski definition) is 1. The second-order valence-corrected chi connectivity index (χ2v) is 7.40. The van der Waals surface area contributed by atoms with Gasteiger partial charge in [-0.1, -0.05) is 30.3 Å². The Morgan fingerprint density at radius 1 is 1.10 bits per heavy atom. The Morgan fingerprint density at radius 2 is 1.76 bits per heavy atom. The lowest BCUT2D eigenvalue weighted by Crippen LogP contribution is -2.51. The van der Waals surface area contributed by atoms with E-state index in [1.54, 1.807) is 17.0 Å². The fraction of sp³-hybridized carbons (Fsp3) is 0.273. The van der Waals surface area contributed by atoms with Gasteiger partial charge in [0.2, 0.25) is 0 Å². The van der Waals surface area contributed by atoms with E-state index in [0.29, 0.717) is 37.0 Å². The van der Waals surface area contributed by atoms with Gasteiger partial charge in [0, 0.05) is 24.5 Å². The smallest absolute Gasteiger partial charge is 0.254 e. The molecular weight excluding hydrogens is 389 g/mol. The fourth-order valence-electron chi connectivity index (χ4n) is 3.75. The van der Waals surface area contributed by atoms with Gasteiger partial charge in [-0.2, -0.15) is 0 Å². The van der Waals surface area contributed by atoms with Gasteiger partial charge in [0.25, 0.3) is 5.91 Å². The van der Waals surface area contributed by atoms with E-state index >= 15 is 0 Å². The minimum Gasteiger partial charge on any atom is -0.378 e. The third-order valence-electron chi connectivity index (χ3n) is 5.23. The van der Waals surface area contributed by atoms with Gasteiger partial charge in [0.1, 0.15) is 5.82 Å². The molecule has 1 fully saturated rings. The molecule has 0 saturated carbocycles. The quantitative estimate of drug-likeness (QED) is 0.785. The Hall–Kier alpha value is -2.77. The Bertz CT molecular complexity index is 940. The van der Waals surface area contributed by atoms with Gasteiger partial charge in [-0.3, -0.25) is 9.69 Å². The van der Waals surface area contributed by atoms with Crippen molar-refractivity contribution >= 4 is 28.9 Å². The molecule has 1 amide bonds. The molecule has 5 nitrogen and oxygen atoms in total. The number of hydrogen-bond acceptors (Lipinski definition) is 3. The second kappa shape index (κ2) is 8.31. The molecule has 4 rings (SSSR count). The fourth-order valence-corrected chi connectivity index (χ4v) is 4.11. The number of nitrogens with one attached hydrogen (secondary N) is 1. The average Bonchev–Trinajstić information content (AvgIpc) is 2.75. The van der Waals surface area contributed by atoms with E-state index in [-0.39, 0.29) is 11.7 Å². The summed E-state index contributed by atoms with van der Waals surface area (Å²) in [7, 11) is 0. The molecule has 150 valence electrons. The molecular formula is C22H22FN3O2S. The monoisotopic (exact) mass is 411 g/mol. The highest BCUT2D eigenvalue weighted by Crippen LogP contribution is 2.34. The predicted molar refractivity (Wildman–Crippen MR) is 114 cm³/mol. The zero-order valence-electron chi connectivity index (χ0n) is 16.1. The number of morpholine rings is 1. The van der Waals surface area contributed by atoms with E-state index in [2.05, 4.69) is 5.32 Å². The van der Waals surface area contributed by atoms with E-state index in [0.717, 1.165) is 16.9 Å². The van der Waals surface area contributed by atoms with E-state index < -0.39 is 6.04 Å². The van der Waals surface area contributed by atoms with Crippen LogP contribution in [0, 0.1) is 5.82 Å². The molecule has 0 unspecified atom stereocenters. The highest BCUT2D eigenvalue weighted by molar-refractivity contribution is 7.80. The molecule has 0 radical (unpaired) electrons. The van der Waals surface area contributed by atoms with Crippen LogP contribution in [-0.2, 0) is 9.53 Å². The number of thiocarbonyl (C=S) groups is 1. The van der Waals surface area contributed by atoms with Crippen LogP contribution in [0.1, 0.15) is 18.5 Å². The van der Waals surface area contributed by atoms with Gasteiger partial charge in [0.15, 0.2) is 5.11 Å². The molecule has 1 N–H and O–H groups in total. The summed E-state index contributed by atoms with van der Waals surface area (Å²) in [6.45, 7) is 4.04. The lowest BCUT2D eigenvalue weighted by atomic mass is 9.93. The summed E-state index contributed by atoms with van der Waals surface area (Å²) in [4.78, 5) is 17.2. The molecule has 1 saturated heterocycles. The van der Waals surface area contributed by atoms with E-state index in [1.165, 1.54) is 12.1 Å². The first-order valence-corrected chi connectivity index (χ1v) is 9.96. The van der Waals surface area contributed by atoms with Crippen molar-refractivity contribution in [3.8, 4) is 0 Å². The number of para-hydroxylation sites is 1. The first-order valence-electron chi connectivity index (χ1n) is 9.55. The Balaban J connectivity index is 1.80. The largest absolute Gasteiger partial charge is 0.378 e.